The van der Waals surface area contributed by atoms with E-state index in [1.807, 2.05) is 0 Å². The first kappa shape index (κ1) is 12.1. The molecule has 0 bridgehead atoms. The summed E-state index contributed by atoms with van der Waals surface area (Å²) < 4.78 is 0. The number of anilines is 1. The molecule has 1 aromatic rings. The maximum Gasteiger partial charge on any atom is 0.221 e. The highest BCUT2D eigenvalue weighted by Crippen LogP contribution is 2.34. The van der Waals surface area contributed by atoms with Crippen molar-refractivity contribution in [3.05, 3.63) is 16.0 Å². The minimum atomic E-state index is -1.20. The minimum absolute atomic E-state index is 0.174. The van der Waals surface area contributed by atoms with Crippen LogP contribution in [-0.4, -0.2) is 25.5 Å². The Labute approximate surface area is 103 Å². The van der Waals surface area contributed by atoms with E-state index in [1.165, 1.54) is 23.2 Å². The summed E-state index contributed by atoms with van der Waals surface area (Å²) >= 11 is 1.35. The van der Waals surface area contributed by atoms with Gasteiger partial charge in [0.2, 0.25) is 5.91 Å². The van der Waals surface area contributed by atoms with Crippen molar-refractivity contribution in [2.45, 2.75) is 19.9 Å². The molecule has 0 aliphatic carbocycles. The highest BCUT2D eigenvalue weighted by molar-refractivity contribution is 7.16. The molecular formula is C11H14N2O3S. The number of likely N-dealkylation sites (N-methyl/N-ethyl adjacent to an activating group) is 1. The lowest BCUT2D eigenvalue weighted by atomic mass is 10.0. The molecule has 17 heavy (non-hydrogen) atoms. The van der Waals surface area contributed by atoms with E-state index in [0.717, 1.165) is 30.0 Å². The summed E-state index contributed by atoms with van der Waals surface area (Å²) in [5, 5.41) is 14.1. The summed E-state index contributed by atoms with van der Waals surface area (Å²) in [6.07, 6.45) is 0.723. The fourth-order valence-corrected chi connectivity index (χ4v) is 3.48. The number of thiophene rings is 1. The molecule has 0 radical (unpaired) electrons. The van der Waals surface area contributed by atoms with E-state index in [-0.39, 0.29) is 11.5 Å². The van der Waals surface area contributed by atoms with Crippen LogP contribution in [-0.2, 0) is 17.8 Å². The molecule has 1 aliphatic heterocycles. The molecule has 2 N–H and O–H groups in total. The highest BCUT2D eigenvalue weighted by Gasteiger charge is 2.25. The van der Waals surface area contributed by atoms with Gasteiger partial charge in [0.25, 0.3) is 0 Å². The fourth-order valence-electron chi connectivity index (χ4n) is 2.08. The van der Waals surface area contributed by atoms with Crippen LogP contribution in [0.1, 0.15) is 27.7 Å². The molecule has 1 aromatic heterocycles. The molecule has 1 unspecified atom stereocenters. The number of hydrogen-bond acceptors (Lipinski definition) is 4. The number of carboxylic acids is 1. The Morgan fingerprint density at radius 2 is 2.18 bits per heavy atom. The SMILES string of the molecule is CC(=O)Nc1sc2c(c1C(=O)[O-])CC[NH+](C)C2. The first-order valence-corrected chi connectivity index (χ1v) is 6.25. The van der Waals surface area contributed by atoms with Crippen molar-refractivity contribution in [2.75, 3.05) is 18.9 Å². The van der Waals surface area contributed by atoms with E-state index < -0.39 is 5.97 Å². The number of carbonyl (C=O) groups is 2. The summed E-state index contributed by atoms with van der Waals surface area (Å²) in [7, 11) is 2.07. The highest BCUT2D eigenvalue weighted by atomic mass is 32.1. The lowest BCUT2D eigenvalue weighted by Gasteiger charge is -2.20. The van der Waals surface area contributed by atoms with Crippen LogP contribution in [0.4, 0.5) is 5.00 Å². The van der Waals surface area contributed by atoms with Gasteiger partial charge in [-0.25, -0.2) is 0 Å². The molecule has 6 heteroatoms. The molecule has 1 atom stereocenters. The molecule has 0 spiro atoms. The van der Waals surface area contributed by atoms with Crippen molar-refractivity contribution >= 4 is 28.2 Å². The number of carbonyl (C=O) groups excluding carboxylic acids is 2. The first-order chi connectivity index (χ1) is 7.99. The molecule has 2 heterocycles. The maximum atomic E-state index is 11.2. The smallest absolute Gasteiger partial charge is 0.221 e. The quantitative estimate of drug-likeness (QED) is 0.684. The predicted molar refractivity (Wildman–Crippen MR) is 62.1 cm³/mol. The van der Waals surface area contributed by atoms with Gasteiger partial charge in [0.15, 0.2) is 0 Å². The van der Waals surface area contributed by atoms with E-state index in [2.05, 4.69) is 12.4 Å². The van der Waals surface area contributed by atoms with E-state index in [4.69, 9.17) is 0 Å². The Balaban J connectivity index is 2.46. The molecule has 0 fully saturated rings. The van der Waals surface area contributed by atoms with Crippen molar-refractivity contribution < 1.29 is 19.6 Å². The molecule has 92 valence electrons. The standard InChI is InChI=1S/C11H14N2O3S/c1-6(14)12-10-9(11(15)16)7-3-4-13(2)5-8(7)17-10/h3-5H2,1-2H3,(H,12,14)(H,15,16). The predicted octanol–water partition coefficient (Wildman–Crippen LogP) is -1.36. The molecule has 1 amide bonds. The van der Waals surface area contributed by atoms with Crippen LogP contribution in [0.2, 0.25) is 0 Å². The van der Waals surface area contributed by atoms with E-state index in [0.29, 0.717) is 5.00 Å². The number of fused-ring (bicyclic) bond motifs is 1. The van der Waals surface area contributed by atoms with Gasteiger partial charge in [-0.2, -0.15) is 0 Å². The number of aromatic carboxylic acids is 1. The van der Waals surface area contributed by atoms with Gasteiger partial charge in [0.1, 0.15) is 11.5 Å². The van der Waals surface area contributed by atoms with Crippen LogP contribution < -0.4 is 15.3 Å². The number of amides is 1. The van der Waals surface area contributed by atoms with Crippen LogP contribution in [0.3, 0.4) is 0 Å². The number of nitrogens with one attached hydrogen (secondary N) is 2. The Hall–Kier alpha value is -1.40. The number of rotatable bonds is 2. The van der Waals surface area contributed by atoms with Gasteiger partial charge in [-0.3, -0.25) is 4.79 Å². The number of carboxylic acid groups (broad SMARTS) is 1. The average Bonchev–Trinajstić information content (AvgIpc) is 2.53. The van der Waals surface area contributed by atoms with E-state index in [1.54, 1.807) is 0 Å². The van der Waals surface area contributed by atoms with Crippen molar-refractivity contribution in [1.29, 1.82) is 0 Å². The molecular weight excluding hydrogens is 240 g/mol. The van der Waals surface area contributed by atoms with Gasteiger partial charge in [-0.1, -0.05) is 0 Å². The Kier molecular flexibility index (Phi) is 3.17. The third-order valence-corrected chi connectivity index (χ3v) is 4.00. The zero-order chi connectivity index (χ0) is 12.6. The van der Waals surface area contributed by atoms with E-state index in [9.17, 15) is 14.7 Å². The summed E-state index contributed by atoms with van der Waals surface area (Å²) in [4.78, 5) is 24.6. The normalized spacial score (nSPS) is 18.6. The monoisotopic (exact) mass is 254 g/mol. The number of quaternary nitrogens is 1. The first-order valence-electron chi connectivity index (χ1n) is 5.43. The Bertz CT molecular complexity index is 481. The second kappa shape index (κ2) is 4.46. The van der Waals surface area contributed by atoms with Crippen LogP contribution >= 0.6 is 11.3 Å². The number of hydrogen-bond donors (Lipinski definition) is 2. The van der Waals surface area contributed by atoms with Crippen molar-refractivity contribution in [1.82, 2.24) is 0 Å². The minimum Gasteiger partial charge on any atom is -0.545 e. The van der Waals surface area contributed by atoms with Gasteiger partial charge in [0, 0.05) is 18.9 Å². The zero-order valence-corrected chi connectivity index (χ0v) is 10.6. The van der Waals surface area contributed by atoms with E-state index >= 15 is 0 Å². The summed E-state index contributed by atoms with van der Waals surface area (Å²) in [5.41, 5.74) is 1.01. The van der Waals surface area contributed by atoms with Crippen LogP contribution in [0, 0.1) is 0 Å². The van der Waals surface area contributed by atoms with Gasteiger partial charge in [0.05, 0.1) is 24.4 Å². The Morgan fingerprint density at radius 1 is 1.47 bits per heavy atom. The van der Waals surface area contributed by atoms with Gasteiger partial charge >= 0.3 is 0 Å². The molecule has 0 aromatic carbocycles. The molecule has 1 aliphatic rings. The van der Waals surface area contributed by atoms with Crippen molar-refractivity contribution in [2.24, 2.45) is 0 Å². The molecule has 0 saturated heterocycles. The zero-order valence-electron chi connectivity index (χ0n) is 9.75. The largest absolute Gasteiger partial charge is 0.545 e. The lowest BCUT2D eigenvalue weighted by molar-refractivity contribution is -0.895. The third-order valence-electron chi connectivity index (χ3n) is 2.85. The molecule has 2 rings (SSSR count). The van der Waals surface area contributed by atoms with Crippen molar-refractivity contribution in [3.8, 4) is 0 Å². The Morgan fingerprint density at radius 3 is 2.76 bits per heavy atom. The van der Waals surface area contributed by atoms with Gasteiger partial charge in [-0.15, -0.1) is 11.3 Å². The summed E-state index contributed by atoms with van der Waals surface area (Å²) in [6, 6.07) is 0. The van der Waals surface area contributed by atoms with Crippen LogP contribution in [0.15, 0.2) is 0 Å². The van der Waals surface area contributed by atoms with Gasteiger partial charge in [-0.05, 0) is 5.56 Å². The van der Waals surface area contributed by atoms with Gasteiger partial charge < -0.3 is 20.1 Å². The van der Waals surface area contributed by atoms with Crippen molar-refractivity contribution in [3.63, 3.8) is 0 Å². The molecule has 5 nitrogen and oxygen atoms in total. The summed E-state index contributed by atoms with van der Waals surface area (Å²) in [6.45, 7) is 3.08. The topological polar surface area (TPSA) is 73.7 Å². The second-order valence-corrected chi connectivity index (χ2v) is 5.42. The average molecular weight is 254 g/mol. The maximum absolute atomic E-state index is 11.2. The van der Waals surface area contributed by atoms with Crippen LogP contribution in [0.5, 0.6) is 0 Å². The summed E-state index contributed by atoms with van der Waals surface area (Å²) in [5.74, 6) is -1.46. The molecule has 0 saturated carbocycles. The lowest BCUT2D eigenvalue weighted by Crippen LogP contribution is -3.08. The van der Waals surface area contributed by atoms with Crippen LogP contribution in [0.25, 0.3) is 0 Å². The fraction of sp³-hybridized carbons (Fsp3) is 0.455. The third kappa shape index (κ3) is 2.32. The second-order valence-electron chi connectivity index (χ2n) is 4.31.